The molecule has 20 heavy (non-hydrogen) atoms. The molecule has 0 saturated carbocycles. The molecule has 0 radical (unpaired) electrons. The second kappa shape index (κ2) is 5.29. The highest BCUT2D eigenvalue weighted by atomic mass is 16.5. The first-order valence-corrected chi connectivity index (χ1v) is 6.60. The van der Waals surface area contributed by atoms with Gasteiger partial charge in [0.15, 0.2) is 0 Å². The fourth-order valence-corrected chi connectivity index (χ4v) is 2.24. The average molecular weight is 267 g/mol. The molecule has 0 saturated heterocycles. The first kappa shape index (κ1) is 12.6. The summed E-state index contributed by atoms with van der Waals surface area (Å²) in [6.45, 7) is 2.61. The number of H-pyrrole nitrogens is 1. The Labute approximate surface area is 118 Å². The molecule has 0 aliphatic carbocycles. The van der Waals surface area contributed by atoms with Gasteiger partial charge in [0.05, 0.1) is 12.8 Å². The van der Waals surface area contributed by atoms with Crippen molar-refractivity contribution in [1.29, 1.82) is 0 Å². The van der Waals surface area contributed by atoms with Crippen LogP contribution in [0.4, 0.5) is 0 Å². The Balaban J connectivity index is 1.76. The predicted molar refractivity (Wildman–Crippen MR) is 80.4 cm³/mol. The van der Waals surface area contributed by atoms with Crippen molar-refractivity contribution in [3.63, 3.8) is 0 Å². The molecule has 3 aromatic rings. The highest BCUT2D eigenvalue weighted by Gasteiger charge is 2.02. The molecule has 1 heterocycles. The van der Waals surface area contributed by atoms with Gasteiger partial charge in [0.25, 0.3) is 0 Å². The molecule has 0 aliphatic heterocycles. The van der Waals surface area contributed by atoms with E-state index in [2.05, 4.69) is 36.2 Å². The molecule has 0 bridgehead atoms. The summed E-state index contributed by atoms with van der Waals surface area (Å²) in [7, 11) is 1.65. The van der Waals surface area contributed by atoms with Gasteiger partial charge in [-0.25, -0.2) is 0 Å². The molecule has 0 atom stereocenters. The summed E-state index contributed by atoms with van der Waals surface area (Å²) in [5, 5.41) is 1.22. The zero-order chi connectivity index (χ0) is 13.9. The van der Waals surface area contributed by atoms with Gasteiger partial charge in [-0.2, -0.15) is 0 Å². The molecule has 102 valence electrons. The number of aryl methyl sites for hydroxylation is 1. The van der Waals surface area contributed by atoms with Crippen LogP contribution >= 0.6 is 0 Å². The van der Waals surface area contributed by atoms with Crippen molar-refractivity contribution in [3.05, 3.63) is 59.8 Å². The molecule has 1 N–H and O–H groups in total. The van der Waals surface area contributed by atoms with Gasteiger partial charge < -0.3 is 14.5 Å². The SMILES string of the molecule is COc1cccc(OCc2cc3cc(C)ccc3[nH]2)c1. The van der Waals surface area contributed by atoms with E-state index in [1.165, 1.54) is 10.9 Å². The number of nitrogens with one attached hydrogen (secondary N) is 1. The fraction of sp³-hybridized carbons (Fsp3) is 0.176. The van der Waals surface area contributed by atoms with E-state index >= 15 is 0 Å². The number of benzene rings is 2. The van der Waals surface area contributed by atoms with Gasteiger partial charge in [0.1, 0.15) is 18.1 Å². The van der Waals surface area contributed by atoms with Crippen LogP contribution in [0.25, 0.3) is 10.9 Å². The lowest BCUT2D eigenvalue weighted by Crippen LogP contribution is -1.95. The maximum Gasteiger partial charge on any atom is 0.128 e. The zero-order valence-corrected chi connectivity index (χ0v) is 11.6. The highest BCUT2D eigenvalue weighted by molar-refractivity contribution is 5.81. The van der Waals surface area contributed by atoms with Crippen molar-refractivity contribution in [2.24, 2.45) is 0 Å². The Morgan fingerprint density at radius 2 is 1.85 bits per heavy atom. The molecule has 0 aliphatic rings. The number of aromatic amines is 1. The predicted octanol–water partition coefficient (Wildman–Crippen LogP) is 4.06. The van der Waals surface area contributed by atoms with Crippen LogP contribution < -0.4 is 9.47 Å². The summed E-state index contributed by atoms with van der Waals surface area (Å²) in [5.41, 5.74) is 3.46. The van der Waals surface area contributed by atoms with E-state index in [1.54, 1.807) is 7.11 Å². The Kier molecular flexibility index (Phi) is 3.33. The van der Waals surface area contributed by atoms with Gasteiger partial charge >= 0.3 is 0 Å². The van der Waals surface area contributed by atoms with E-state index in [9.17, 15) is 0 Å². The summed E-state index contributed by atoms with van der Waals surface area (Å²) in [6, 6.07) is 16.1. The number of rotatable bonds is 4. The van der Waals surface area contributed by atoms with E-state index < -0.39 is 0 Å². The first-order valence-electron chi connectivity index (χ1n) is 6.60. The van der Waals surface area contributed by atoms with Crippen LogP contribution in [-0.2, 0) is 6.61 Å². The van der Waals surface area contributed by atoms with E-state index in [1.807, 2.05) is 24.3 Å². The molecule has 2 aromatic carbocycles. The topological polar surface area (TPSA) is 34.2 Å². The number of aromatic nitrogens is 1. The van der Waals surface area contributed by atoms with Crippen molar-refractivity contribution in [2.75, 3.05) is 7.11 Å². The second-order valence-electron chi connectivity index (χ2n) is 4.85. The Morgan fingerprint density at radius 1 is 1.00 bits per heavy atom. The summed E-state index contributed by atoms with van der Waals surface area (Å²) >= 11 is 0. The van der Waals surface area contributed by atoms with Gasteiger partial charge in [-0.3, -0.25) is 0 Å². The van der Waals surface area contributed by atoms with Gasteiger partial charge in [-0.1, -0.05) is 17.7 Å². The normalized spacial score (nSPS) is 10.7. The van der Waals surface area contributed by atoms with Crippen LogP contribution in [0.2, 0.25) is 0 Å². The lowest BCUT2D eigenvalue weighted by atomic mass is 10.2. The van der Waals surface area contributed by atoms with Gasteiger partial charge in [-0.15, -0.1) is 0 Å². The van der Waals surface area contributed by atoms with E-state index in [4.69, 9.17) is 9.47 Å². The maximum absolute atomic E-state index is 5.78. The largest absolute Gasteiger partial charge is 0.497 e. The van der Waals surface area contributed by atoms with Crippen LogP contribution in [0.5, 0.6) is 11.5 Å². The van der Waals surface area contributed by atoms with Crippen LogP contribution in [0.1, 0.15) is 11.3 Å². The first-order chi connectivity index (χ1) is 9.74. The third-order valence-corrected chi connectivity index (χ3v) is 3.27. The molecule has 0 unspecified atom stereocenters. The summed E-state index contributed by atoms with van der Waals surface area (Å²) in [4.78, 5) is 3.37. The standard InChI is InChI=1S/C17H17NO2/c1-12-6-7-17-13(8-12)9-14(18-17)11-20-16-5-3-4-15(10-16)19-2/h3-10,18H,11H2,1-2H3. The Hall–Kier alpha value is -2.42. The smallest absolute Gasteiger partial charge is 0.128 e. The van der Waals surface area contributed by atoms with Crippen LogP contribution in [0.15, 0.2) is 48.5 Å². The molecular formula is C17H17NO2. The highest BCUT2D eigenvalue weighted by Crippen LogP contribution is 2.21. The third kappa shape index (κ3) is 2.62. The quantitative estimate of drug-likeness (QED) is 0.773. The summed E-state index contributed by atoms with van der Waals surface area (Å²) < 4.78 is 11.0. The second-order valence-corrected chi connectivity index (χ2v) is 4.85. The van der Waals surface area contributed by atoms with Gasteiger partial charge in [-0.05, 0) is 37.3 Å². The molecule has 3 nitrogen and oxygen atoms in total. The van der Waals surface area contributed by atoms with Crippen molar-refractivity contribution < 1.29 is 9.47 Å². The lowest BCUT2D eigenvalue weighted by Gasteiger charge is -2.06. The zero-order valence-electron chi connectivity index (χ0n) is 11.6. The summed E-state index contributed by atoms with van der Waals surface area (Å²) in [6.07, 6.45) is 0. The van der Waals surface area contributed by atoms with Crippen molar-refractivity contribution in [1.82, 2.24) is 4.98 Å². The van der Waals surface area contributed by atoms with Crippen molar-refractivity contribution in [3.8, 4) is 11.5 Å². The minimum absolute atomic E-state index is 0.515. The van der Waals surface area contributed by atoms with E-state index in [0.717, 1.165) is 22.7 Å². The molecule has 0 fully saturated rings. The van der Waals surface area contributed by atoms with Crippen LogP contribution in [0.3, 0.4) is 0 Å². The van der Waals surface area contributed by atoms with E-state index in [0.29, 0.717) is 6.61 Å². The van der Waals surface area contributed by atoms with Crippen LogP contribution in [0, 0.1) is 6.92 Å². The number of fused-ring (bicyclic) bond motifs is 1. The fourth-order valence-electron chi connectivity index (χ4n) is 2.24. The van der Waals surface area contributed by atoms with Crippen LogP contribution in [-0.4, -0.2) is 12.1 Å². The monoisotopic (exact) mass is 267 g/mol. The average Bonchev–Trinajstić information content (AvgIpc) is 2.87. The molecular weight excluding hydrogens is 250 g/mol. The number of hydrogen-bond donors (Lipinski definition) is 1. The van der Waals surface area contributed by atoms with Gasteiger partial charge in [0, 0.05) is 17.0 Å². The molecule has 0 amide bonds. The van der Waals surface area contributed by atoms with Crippen molar-refractivity contribution in [2.45, 2.75) is 13.5 Å². The molecule has 0 spiro atoms. The maximum atomic E-state index is 5.78. The minimum Gasteiger partial charge on any atom is -0.497 e. The van der Waals surface area contributed by atoms with Crippen molar-refractivity contribution >= 4 is 10.9 Å². The number of methoxy groups -OCH3 is 1. The third-order valence-electron chi connectivity index (χ3n) is 3.27. The summed E-state index contributed by atoms with van der Waals surface area (Å²) in [5.74, 6) is 1.61. The number of ether oxygens (including phenoxy) is 2. The van der Waals surface area contributed by atoms with Gasteiger partial charge in [0.2, 0.25) is 0 Å². The Bertz CT molecular complexity index is 731. The van der Waals surface area contributed by atoms with E-state index in [-0.39, 0.29) is 0 Å². The minimum atomic E-state index is 0.515. The number of hydrogen-bond acceptors (Lipinski definition) is 2. The molecule has 3 heteroatoms. The molecule has 3 rings (SSSR count). The Morgan fingerprint density at radius 3 is 2.70 bits per heavy atom. The lowest BCUT2D eigenvalue weighted by molar-refractivity contribution is 0.300. The molecule has 1 aromatic heterocycles.